The molecular weight excluding hydrogens is 216 g/mol. The Bertz CT molecular complexity index is 265. The highest BCUT2D eigenvalue weighted by molar-refractivity contribution is 5.67. The third-order valence-electron chi connectivity index (χ3n) is 2.32. The lowest BCUT2D eigenvalue weighted by Crippen LogP contribution is -2.32. The molecule has 98 valence electrons. The van der Waals surface area contributed by atoms with Gasteiger partial charge in [-0.2, -0.15) is 0 Å². The fraction of sp³-hybridized carbons (Fsp3) is 0.769. The van der Waals surface area contributed by atoms with Crippen molar-refractivity contribution in [3.05, 3.63) is 12.2 Å². The summed E-state index contributed by atoms with van der Waals surface area (Å²) in [7, 11) is 0. The Morgan fingerprint density at radius 1 is 1.29 bits per heavy atom. The SMILES string of the molecule is CC(C)(C)OC(=O)NC/C=C/CNCC1CC1. The molecule has 4 nitrogen and oxygen atoms in total. The summed E-state index contributed by atoms with van der Waals surface area (Å²) >= 11 is 0. The van der Waals surface area contributed by atoms with Crippen molar-refractivity contribution in [2.45, 2.75) is 39.2 Å². The van der Waals surface area contributed by atoms with E-state index >= 15 is 0 Å². The van der Waals surface area contributed by atoms with Gasteiger partial charge in [-0.3, -0.25) is 0 Å². The second-order valence-electron chi connectivity index (χ2n) is 5.46. The molecule has 17 heavy (non-hydrogen) atoms. The van der Waals surface area contributed by atoms with Gasteiger partial charge in [-0.25, -0.2) is 4.79 Å². The molecule has 0 spiro atoms. The van der Waals surface area contributed by atoms with Gasteiger partial charge in [0.05, 0.1) is 0 Å². The number of alkyl carbamates (subject to hydrolysis) is 1. The molecule has 0 saturated heterocycles. The highest BCUT2D eigenvalue weighted by atomic mass is 16.6. The van der Waals surface area contributed by atoms with Crippen molar-refractivity contribution in [1.82, 2.24) is 10.6 Å². The molecule has 1 saturated carbocycles. The minimum absolute atomic E-state index is 0.368. The molecule has 0 bridgehead atoms. The number of carbonyl (C=O) groups is 1. The van der Waals surface area contributed by atoms with Crippen molar-refractivity contribution in [1.29, 1.82) is 0 Å². The second kappa shape index (κ2) is 6.64. The average molecular weight is 240 g/mol. The summed E-state index contributed by atoms with van der Waals surface area (Å²) in [5.74, 6) is 0.906. The summed E-state index contributed by atoms with van der Waals surface area (Å²) in [6.07, 6.45) is 6.34. The molecule has 0 heterocycles. The van der Waals surface area contributed by atoms with Gasteiger partial charge in [-0.1, -0.05) is 12.2 Å². The molecule has 2 N–H and O–H groups in total. The van der Waals surface area contributed by atoms with E-state index in [9.17, 15) is 4.79 Å². The molecule has 0 aromatic rings. The normalized spacial score (nSPS) is 16.2. The van der Waals surface area contributed by atoms with Crippen LogP contribution in [0.4, 0.5) is 4.79 Å². The summed E-state index contributed by atoms with van der Waals surface area (Å²) in [5.41, 5.74) is -0.431. The van der Waals surface area contributed by atoms with E-state index in [1.54, 1.807) is 0 Å². The van der Waals surface area contributed by atoms with Gasteiger partial charge in [0.15, 0.2) is 0 Å². The van der Waals surface area contributed by atoms with Crippen LogP contribution in [0.25, 0.3) is 0 Å². The Labute approximate surface area is 104 Å². The van der Waals surface area contributed by atoms with Gasteiger partial charge in [-0.15, -0.1) is 0 Å². The van der Waals surface area contributed by atoms with Crippen LogP contribution in [0.2, 0.25) is 0 Å². The van der Waals surface area contributed by atoms with Crippen LogP contribution >= 0.6 is 0 Å². The Morgan fingerprint density at radius 3 is 2.53 bits per heavy atom. The molecule has 0 aromatic heterocycles. The van der Waals surface area contributed by atoms with Crippen molar-refractivity contribution in [2.24, 2.45) is 5.92 Å². The summed E-state index contributed by atoms with van der Waals surface area (Å²) in [4.78, 5) is 11.3. The summed E-state index contributed by atoms with van der Waals surface area (Å²) in [6.45, 7) is 8.05. The molecule has 4 heteroatoms. The lowest BCUT2D eigenvalue weighted by molar-refractivity contribution is 0.0534. The highest BCUT2D eigenvalue weighted by Gasteiger charge is 2.19. The van der Waals surface area contributed by atoms with E-state index in [0.29, 0.717) is 6.54 Å². The maximum Gasteiger partial charge on any atom is 0.407 e. The zero-order valence-corrected chi connectivity index (χ0v) is 11.1. The lowest BCUT2D eigenvalue weighted by Gasteiger charge is -2.19. The molecule has 1 amide bonds. The lowest BCUT2D eigenvalue weighted by atomic mass is 10.2. The van der Waals surface area contributed by atoms with E-state index in [4.69, 9.17) is 4.74 Å². The summed E-state index contributed by atoms with van der Waals surface area (Å²) in [5, 5.41) is 6.02. The van der Waals surface area contributed by atoms with Gasteiger partial charge in [-0.05, 0) is 46.1 Å². The molecule has 0 unspecified atom stereocenters. The standard InChI is InChI=1S/C13H24N2O2/c1-13(2,3)17-12(16)15-9-5-4-8-14-10-11-6-7-11/h4-5,11,14H,6-10H2,1-3H3,(H,15,16)/b5-4+. The smallest absolute Gasteiger partial charge is 0.407 e. The van der Waals surface area contributed by atoms with Gasteiger partial charge in [0.2, 0.25) is 0 Å². The van der Waals surface area contributed by atoms with Gasteiger partial charge in [0.1, 0.15) is 5.60 Å². The number of ether oxygens (including phenoxy) is 1. The van der Waals surface area contributed by atoms with E-state index in [1.807, 2.05) is 32.9 Å². The van der Waals surface area contributed by atoms with Gasteiger partial charge >= 0.3 is 6.09 Å². The van der Waals surface area contributed by atoms with Crippen LogP contribution < -0.4 is 10.6 Å². The number of carbonyl (C=O) groups excluding carboxylic acids is 1. The van der Waals surface area contributed by atoms with Crippen LogP contribution in [0, 0.1) is 5.92 Å². The molecule has 1 aliphatic carbocycles. The van der Waals surface area contributed by atoms with Crippen LogP contribution in [0.1, 0.15) is 33.6 Å². The van der Waals surface area contributed by atoms with E-state index in [2.05, 4.69) is 10.6 Å². The first-order valence-corrected chi connectivity index (χ1v) is 6.30. The third kappa shape index (κ3) is 8.74. The number of hydrogen-bond acceptors (Lipinski definition) is 3. The molecule has 0 aliphatic heterocycles. The topological polar surface area (TPSA) is 50.4 Å². The minimum atomic E-state index is -0.431. The Morgan fingerprint density at radius 2 is 1.94 bits per heavy atom. The number of nitrogens with one attached hydrogen (secondary N) is 2. The van der Waals surface area contributed by atoms with E-state index in [1.165, 1.54) is 12.8 Å². The van der Waals surface area contributed by atoms with Gasteiger partial charge in [0, 0.05) is 13.1 Å². The Balaban J connectivity index is 1.94. The first-order valence-electron chi connectivity index (χ1n) is 6.30. The molecular formula is C13H24N2O2. The zero-order valence-electron chi connectivity index (χ0n) is 11.1. The zero-order chi connectivity index (χ0) is 12.7. The largest absolute Gasteiger partial charge is 0.444 e. The van der Waals surface area contributed by atoms with E-state index < -0.39 is 5.60 Å². The third-order valence-corrected chi connectivity index (χ3v) is 2.32. The van der Waals surface area contributed by atoms with Gasteiger partial charge < -0.3 is 15.4 Å². The van der Waals surface area contributed by atoms with Gasteiger partial charge in [0.25, 0.3) is 0 Å². The monoisotopic (exact) mass is 240 g/mol. The molecule has 1 rings (SSSR count). The van der Waals surface area contributed by atoms with Crippen LogP contribution in [0.15, 0.2) is 12.2 Å². The fourth-order valence-electron chi connectivity index (χ4n) is 1.32. The molecule has 1 aliphatic rings. The summed E-state index contributed by atoms with van der Waals surface area (Å²) in [6, 6.07) is 0. The molecule has 0 atom stereocenters. The maximum absolute atomic E-state index is 11.3. The van der Waals surface area contributed by atoms with Crippen molar-refractivity contribution in [2.75, 3.05) is 19.6 Å². The average Bonchev–Trinajstić information content (AvgIpc) is 2.97. The van der Waals surface area contributed by atoms with Crippen LogP contribution in [0.3, 0.4) is 0 Å². The maximum atomic E-state index is 11.3. The van der Waals surface area contributed by atoms with Crippen molar-refractivity contribution in [3.63, 3.8) is 0 Å². The highest BCUT2D eigenvalue weighted by Crippen LogP contribution is 2.27. The fourth-order valence-corrected chi connectivity index (χ4v) is 1.32. The van der Waals surface area contributed by atoms with E-state index in [-0.39, 0.29) is 6.09 Å². The first kappa shape index (κ1) is 14.0. The van der Waals surface area contributed by atoms with Crippen molar-refractivity contribution < 1.29 is 9.53 Å². The van der Waals surface area contributed by atoms with Crippen molar-refractivity contribution >= 4 is 6.09 Å². The first-order chi connectivity index (χ1) is 7.97. The van der Waals surface area contributed by atoms with Crippen LogP contribution in [0.5, 0.6) is 0 Å². The minimum Gasteiger partial charge on any atom is -0.444 e. The number of rotatable bonds is 6. The number of amides is 1. The second-order valence-corrected chi connectivity index (χ2v) is 5.46. The molecule has 0 radical (unpaired) electrons. The van der Waals surface area contributed by atoms with Crippen LogP contribution in [-0.2, 0) is 4.74 Å². The van der Waals surface area contributed by atoms with E-state index in [0.717, 1.165) is 19.0 Å². The summed E-state index contributed by atoms with van der Waals surface area (Å²) < 4.78 is 5.11. The molecule has 1 fully saturated rings. The quantitative estimate of drug-likeness (QED) is 0.552. The molecule has 0 aromatic carbocycles. The predicted molar refractivity (Wildman–Crippen MR) is 69.0 cm³/mol. The predicted octanol–water partition coefficient (Wildman–Crippen LogP) is 2.07. The number of hydrogen-bond donors (Lipinski definition) is 2. The Hall–Kier alpha value is -1.03. The Kier molecular flexibility index (Phi) is 5.48. The van der Waals surface area contributed by atoms with Crippen LogP contribution in [-0.4, -0.2) is 31.3 Å². The van der Waals surface area contributed by atoms with Crippen molar-refractivity contribution in [3.8, 4) is 0 Å².